The molecule has 0 spiro atoms. The predicted molar refractivity (Wildman–Crippen MR) is 100 cm³/mol. The summed E-state index contributed by atoms with van der Waals surface area (Å²) in [5.41, 5.74) is 3.16. The molecule has 2 rings (SSSR count). The van der Waals surface area contributed by atoms with Crippen LogP contribution >= 0.6 is 0 Å². The van der Waals surface area contributed by atoms with Gasteiger partial charge in [-0.15, -0.1) is 10.2 Å². The molecule has 26 heavy (non-hydrogen) atoms. The van der Waals surface area contributed by atoms with Crippen molar-refractivity contribution in [3.63, 3.8) is 0 Å². The summed E-state index contributed by atoms with van der Waals surface area (Å²) in [5, 5.41) is 21.1. The van der Waals surface area contributed by atoms with Crippen LogP contribution in [-0.4, -0.2) is 46.7 Å². The highest BCUT2D eigenvalue weighted by molar-refractivity contribution is 5.32. The van der Waals surface area contributed by atoms with E-state index in [0.717, 1.165) is 11.3 Å². The topological polar surface area (TPSA) is 115 Å². The number of nitrogen functional groups attached to an aromatic ring is 1. The van der Waals surface area contributed by atoms with E-state index in [9.17, 15) is 5.11 Å². The van der Waals surface area contributed by atoms with Gasteiger partial charge in [0.2, 0.25) is 5.88 Å². The van der Waals surface area contributed by atoms with Crippen molar-refractivity contribution >= 4 is 5.82 Å². The van der Waals surface area contributed by atoms with Gasteiger partial charge in [-0.05, 0) is 44.5 Å². The number of benzene rings is 1. The molecule has 2 aromatic rings. The van der Waals surface area contributed by atoms with Gasteiger partial charge in [0.1, 0.15) is 25.1 Å². The van der Waals surface area contributed by atoms with Crippen molar-refractivity contribution in [3.05, 3.63) is 42.0 Å². The van der Waals surface area contributed by atoms with Crippen LogP contribution in [0.5, 0.6) is 11.6 Å². The Labute approximate surface area is 153 Å². The molecule has 0 saturated carbocycles. The van der Waals surface area contributed by atoms with E-state index < -0.39 is 6.10 Å². The second kappa shape index (κ2) is 9.33. The zero-order valence-corrected chi connectivity index (χ0v) is 15.4. The molecule has 8 heteroatoms. The van der Waals surface area contributed by atoms with Crippen LogP contribution in [0.1, 0.15) is 19.4 Å². The maximum Gasteiger partial charge on any atom is 0.233 e. The minimum atomic E-state index is -0.635. The Hall–Kier alpha value is -2.42. The largest absolute Gasteiger partial charge is 0.491 e. The number of aromatic nitrogens is 2. The lowest BCUT2D eigenvalue weighted by Gasteiger charge is -2.27. The minimum absolute atomic E-state index is 0.215. The molecule has 1 atom stereocenters. The highest BCUT2D eigenvalue weighted by Gasteiger charge is 2.20. The second-order valence-electron chi connectivity index (χ2n) is 6.74. The number of rotatable bonds is 10. The smallest absolute Gasteiger partial charge is 0.233 e. The molecule has 5 N–H and O–H groups in total. The summed E-state index contributed by atoms with van der Waals surface area (Å²) in [4.78, 5) is 0. The van der Waals surface area contributed by atoms with Crippen molar-refractivity contribution in [2.75, 3.05) is 25.2 Å². The van der Waals surface area contributed by atoms with Gasteiger partial charge in [0.25, 0.3) is 0 Å². The average Bonchev–Trinajstić information content (AvgIpc) is 2.64. The second-order valence-corrected chi connectivity index (χ2v) is 6.74. The Balaban J connectivity index is 1.71. The van der Waals surface area contributed by atoms with E-state index in [1.165, 1.54) is 0 Å². The Bertz CT molecular complexity index is 679. The molecule has 0 aliphatic heterocycles. The van der Waals surface area contributed by atoms with Crippen LogP contribution in [0.4, 0.5) is 5.82 Å². The van der Waals surface area contributed by atoms with Gasteiger partial charge >= 0.3 is 0 Å². The minimum Gasteiger partial charge on any atom is -0.491 e. The van der Waals surface area contributed by atoms with E-state index in [2.05, 4.69) is 20.9 Å². The predicted octanol–water partition coefficient (Wildman–Crippen LogP) is 1.26. The van der Waals surface area contributed by atoms with E-state index in [-0.39, 0.29) is 12.1 Å². The van der Waals surface area contributed by atoms with Gasteiger partial charge in [-0.2, -0.15) is 0 Å². The van der Waals surface area contributed by atoms with Crippen molar-refractivity contribution in [1.29, 1.82) is 0 Å². The van der Waals surface area contributed by atoms with Crippen molar-refractivity contribution in [2.24, 2.45) is 5.84 Å². The third-order valence-corrected chi connectivity index (χ3v) is 3.62. The highest BCUT2D eigenvalue weighted by atomic mass is 16.5. The number of nitrogens with zero attached hydrogens (tertiary/aromatic N) is 2. The molecule has 0 amide bonds. The Morgan fingerprint density at radius 1 is 1.19 bits per heavy atom. The number of nitrogens with two attached hydrogens (primary N) is 1. The molecular weight excluding hydrogens is 334 g/mol. The number of aryl methyl sites for hydroxylation is 1. The van der Waals surface area contributed by atoms with E-state index in [0.29, 0.717) is 24.8 Å². The summed E-state index contributed by atoms with van der Waals surface area (Å²) < 4.78 is 11.2. The van der Waals surface area contributed by atoms with Crippen molar-refractivity contribution in [1.82, 2.24) is 15.5 Å². The number of hydrazine groups is 1. The Morgan fingerprint density at radius 2 is 2.00 bits per heavy atom. The summed E-state index contributed by atoms with van der Waals surface area (Å²) in [6.07, 6.45) is -0.635. The van der Waals surface area contributed by atoms with E-state index >= 15 is 0 Å². The fraction of sp³-hybridized carbons (Fsp3) is 0.444. The zero-order valence-electron chi connectivity index (χ0n) is 15.4. The van der Waals surface area contributed by atoms with Crippen LogP contribution in [0.25, 0.3) is 0 Å². The number of nitrogens with one attached hydrogen (secondary N) is 2. The third kappa shape index (κ3) is 6.83. The maximum absolute atomic E-state index is 10.1. The lowest BCUT2D eigenvalue weighted by Crippen LogP contribution is -2.48. The fourth-order valence-corrected chi connectivity index (χ4v) is 2.13. The standard InChI is InChI=1S/C18H27N5O3/c1-13-5-4-6-15(9-13)25-11-14(24)10-20-18(2,3)12-26-17-8-7-16(21-19)22-23-17/h4-9,14,20,24H,10-12,19H2,1-3H3,(H,21,22). The molecular formula is C18H27N5O3. The number of β-amino-alcohol motifs (C(OH)–C–C–N with tert-alkyl or cyclic N) is 1. The zero-order chi connectivity index (χ0) is 19.0. The molecule has 0 fully saturated rings. The number of aliphatic hydroxyl groups excluding tert-OH is 1. The van der Waals surface area contributed by atoms with Gasteiger partial charge < -0.3 is 25.3 Å². The molecule has 0 aliphatic rings. The van der Waals surface area contributed by atoms with Crippen molar-refractivity contribution < 1.29 is 14.6 Å². The first-order valence-electron chi connectivity index (χ1n) is 8.44. The van der Waals surface area contributed by atoms with E-state index in [1.54, 1.807) is 12.1 Å². The lowest BCUT2D eigenvalue weighted by molar-refractivity contribution is 0.0922. The monoisotopic (exact) mass is 361 g/mol. The molecule has 0 radical (unpaired) electrons. The summed E-state index contributed by atoms with van der Waals surface area (Å²) in [7, 11) is 0. The van der Waals surface area contributed by atoms with E-state index in [1.807, 2.05) is 45.0 Å². The van der Waals surface area contributed by atoms with Gasteiger partial charge in [-0.1, -0.05) is 12.1 Å². The van der Waals surface area contributed by atoms with Crippen LogP contribution in [0, 0.1) is 6.92 Å². The molecule has 1 aromatic heterocycles. The van der Waals surface area contributed by atoms with Gasteiger partial charge in [0.15, 0.2) is 5.82 Å². The first-order valence-corrected chi connectivity index (χ1v) is 8.44. The van der Waals surface area contributed by atoms with Crippen LogP contribution in [-0.2, 0) is 0 Å². The number of aliphatic hydroxyl groups is 1. The number of anilines is 1. The molecule has 0 aliphatic carbocycles. The molecule has 0 bridgehead atoms. The molecule has 8 nitrogen and oxygen atoms in total. The van der Waals surface area contributed by atoms with E-state index in [4.69, 9.17) is 15.3 Å². The normalized spacial score (nSPS) is 12.5. The fourth-order valence-electron chi connectivity index (χ4n) is 2.13. The quantitative estimate of drug-likeness (QED) is 0.369. The van der Waals surface area contributed by atoms with Crippen LogP contribution in [0.15, 0.2) is 36.4 Å². The number of hydrogen-bond donors (Lipinski definition) is 4. The maximum atomic E-state index is 10.1. The molecule has 1 unspecified atom stereocenters. The van der Waals surface area contributed by atoms with Crippen LogP contribution < -0.4 is 26.1 Å². The van der Waals surface area contributed by atoms with Crippen LogP contribution in [0.3, 0.4) is 0 Å². The molecule has 1 heterocycles. The summed E-state index contributed by atoms with van der Waals surface area (Å²) >= 11 is 0. The SMILES string of the molecule is Cc1cccc(OCC(O)CNC(C)(C)COc2ccc(NN)nn2)c1. The van der Waals surface area contributed by atoms with Gasteiger partial charge in [-0.3, -0.25) is 0 Å². The highest BCUT2D eigenvalue weighted by Crippen LogP contribution is 2.13. The van der Waals surface area contributed by atoms with Gasteiger partial charge in [0, 0.05) is 18.2 Å². The first kappa shape index (κ1) is 19.9. The van der Waals surface area contributed by atoms with Crippen molar-refractivity contribution in [2.45, 2.75) is 32.4 Å². The third-order valence-electron chi connectivity index (χ3n) is 3.62. The summed E-state index contributed by atoms with van der Waals surface area (Å²) in [6, 6.07) is 11.1. The number of hydrogen-bond acceptors (Lipinski definition) is 8. The van der Waals surface area contributed by atoms with Crippen molar-refractivity contribution in [3.8, 4) is 11.6 Å². The first-order chi connectivity index (χ1) is 12.4. The molecule has 1 aromatic carbocycles. The van der Waals surface area contributed by atoms with Crippen LogP contribution in [0.2, 0.25) is 0 Å². The Kier molecular flexibility index (Phi) is 7.14. The lowest BCUT2D eigenvalue weighted by atomic mass is 10.1. The van der Waals surface area contributed by atoms with Gasteiger partial charge in [-0.25, -0.2) is 5.84 Å². The summed E-state index contributed by atoms with van der Waals surface area (Å²) in [5.74, 6) is 6.86. The average molecular weight is 361 g/mol. The van der Waals surface area contributed by atoms with Gasteiger partial charge in [0.05, 0.1) is 0 Å². The Morgan fingerprint density at radius 3 is 2.65 bits per heavy atom. The summed E-state index contributed by atoms with van der Waals surface area (Å²) in [6.45, 7) is 6.91. The molecule has 142 valence electrons. The number of ether oxygens (including phenoxy) is 2. The molecule has 0 saturated heterocycles.